The molecule has 0 saturated heterocycles. The van der Waals surface area contributed by atoms with E-state index in [-0.39, 0.29) is 0 Å². The van der Waals surface area contributed by atoms with Gasteiger partial charge in [-0.3, -0.25) is 4.79 Å². The summed E-state index contributed by atoms with van der Waals surface area (Å²) in [4.78, 5) is 11.2. The molecule has 0 aliphatic rings. The van der Waals surface area contributed by atoms with Crippen LogP contribution in [0.1, 0.15) is 37.9 Å². The third-order valence-electron chi connectivity index (χ3n) is 2.70. The van der Waals surface area contributed by atoms with E-state index in [1.807, 2.05) is 24.3 Å². The van der Waals surface area contributed by atoms with Crippen LogP contribution in [0.5, 0.6) is 0 Å². The van der Waals surface area contributed by atoms with Gasteiger partial charge >= 0.3 is 5.97 Å². The molecule has 1 atom stereocenters. The van der Waals surface area contributed by atoms with Crippen LogP contribution in [0.15, 0.2) is 24.3 Å². The van der Waals surface area contributed by atoms with Crippen LogP contribution in [0, 0.1) is 5.92 Å². The number of aryl methyl sites for hydroxylation is 1. The Labute approximate surface area is 103 Å². The molecule has 1 aromatic carbocycles. The second-order valence-corrected chi connectivity index (χ2v) is 4.67. The largest absolute Gasteiger partial charge is 0.480 e. The Bertz CT molecular complexity index is 357. The van der Waals surface area contributed by atoms with Crippen molar-refractivity contribution in [2.75, 3.05) is 6.54 Å². The molecule has 0 spiro atoms. The average molecular weight is 235 g/mol. The summed E-state index contributed by atoms with van der Waals surface area (Å²) < 4.78 is 0. The average Bonchev–Trinajstić information content (AvgIpc) is 2.29. The topological polar surface area (TPSA) is 49.3 Å². The van der Waals surface area contributed by atoms with Crippen LogP contribution >= 0.6 is 0 Å². The number of hydrogen-bond donors (Lipinski definition) is 2. The minimum Gasteiger partial charge on any atom is -0.480 e. The Kier molecular flexibility index (Phi) is 5.16. The van der Waals surface area contributed by atoms with Gasteiger partial charge in [0.25, 0.3) is 0 Å². The third kappa shape index (κ3) is 4.19. The molecule has 0 saturated carbocycles. The number of carboxylic acid groups (broad SMARTS) is 1. The predicted molar refractivity (Wildman–Crippen MR) is 69.0 cm³/mol. The highest BCUT2D eigenvalue weighted by atomic mass is 16.4. The summed E-state index contributed by atoms with van der Waals surface area (Å²) in [5.74, 6) is -0.387. The molecule has 17 heavy (non-hydrogen) atoms. The van der Waals surface area contributed by atoms with E-state index in [1.165, 1.54) is 5.56 Å². The summed E-state index contributed by atoms with van der Waals surface area (Å²) in [6.45, 7) is 6.91. The highest BCUT2D eigenvalue weighted by Crippen LogP contribution is 2.15. The van der Waals surface area contributed by atoms with Gasteiger partial charge in [-0.25, -0.2) is 0 Å². The molecular weight excluding hydrogens is 214 g/mol. The minimum absolute atomic E-state index is 0.437. The zero-order valence-corrected chi connectivity index (χ0v) is 10.7. The fourth-order valence-electron chi connectivity index (χ4n) is 1.65. The van der Waals surface area contributed by atoms with Gasteiger partial charge in [0, 0.05) is 0 Å². The molecule has 3 nitrogen and oxygen atoms in total. The first-order valence-corrected chi connectivity index (χ1v) is 6.09. The quantitative estimate of drug-likeness (QED) is 0.797. The Morgan fingerprint density at radius 2 is 1.88 bits per heavy atom. The van der Waals surface area contributed by atoms with Crippen LogP contribution in [0.2, 0.25) is 0 Å². The molecule has 0 aliphatic carbocycles. The van der Waals surface area contributed by atoms with E-state index in [4.69, 9.17) is 0 Å². The van der Waals surface area contributed by atoms with E-state index in [9.17, 15) is 9.90 Å². The van der Waals surface area contributed by atoms with E-state index in [1.54, 1.807) is 0 Å². The van der Waals surface area contributed by atoms with Crippen molar-refractivity contribution in [3.05, 3.63) is 35.4 Å². The van der Waals surface area contributed by atoms with Crippen molar-refractivity contribution in [2.45, 2.75) is 33.2 Å². The Morgan fingerprint density at radius 1 is 1.29 bits per heavy atom. The van der Waals surface area contributed by atoms with Crippen molar-refractivity contribution < 1.29 is 9.90 Å². The second-order valence-electron chi connectivity index (χ2n) is 4.67. The van der Waals surface area contributed by atoms with Crippen molar-refractivity contribution in [3.63, 3.8) is 0 Å². The van der Waals surface area contributed by atoms with Gasteiger partial charge in [-0.15, -0.1) is 0 Å². The lowest BCUT2D eigenvalue weighted by Gasteiger charge is -2.16. The Balaban J connectivity index is 2.78. The standard InChI is InChI=1S/C14H21NO2/c1-4-11-5-7-12(8-6-11)13(14(16)17)15-9-10(2)3/h5-8,10,13,15H,4,9H2,1-3H3,(H,16,17). The number of carbonyl (C=O) groups is 1. The van der Waals surface area contributed by atoms with Gasteiger partial charge in [0.05, 0.1) is 0 Å². The first-order chi connectivity index (χ1) is 8.04. The smallest absolute Gasteiger partial charge is 0.325 e. The maximum atomic E-state index is 11.2. The maximum absolute atomic E-state index is 11.2. The SMILES string of the molecule is CCc1ccc(C(NCC(C)C)C(=O)O)cc1. The summed E-state index contributed by atoms with van der Waals surface area (Å²) in [5.41, 5.74) is 2.04. The molecule has 0 amide bonds. The monoisotopic (exact) mass is 235 g/mol. The van der Waals surface area contributed by atoms with Crippen LogP contribution in [-0.2, 0) is 11.2 Å². The number of rotatable bonds is 6. The Hall–Kier alpha value is -1.35. The lowest BCUT2D eigenvalue weighted by Crippen LogP contribution is -2.31. The van der Waals surface area contributed by atoms with Crippen molar-refractivity contribution in [1.29, 1.82) is 0 Å². The highest BCUT2D eigenvalue weighted by Gasteiger charge is 2.18. The lowest BCUT2D eigenvalue weighted by molar-refractivity contribution is -0.139. The molecule has 0 aromatic heterocycles. The third-order valence-corrected chi connectivity index (χ3v) is 2.70. The molecule has 3 heteroatoms. The number of nitrogens with one attached hydrogen (secondary N) is 1. The summed E-state index contributed by atoms with van der Waals surface area (Å²) in [6.07, 6.45) is 0.970. The minimum atomic E-state index is -0.824. The number of benzene rings is 1. The highest BCUT2D eigenvalue weighted by molar-refractivity contribution is 5.75. The molecule has 94 valence electrons. The molecular formula is C14H21NO2. The molecule has 0 bridgehead atoms. The first-order valence-electron chi connectivity index (χ1n) is 6.09. The fraction of sp³-hybridized carbons (Fsp3) is 0.500. The summed E-state index contributed by atoms with van der Waals surface area (Å²) in [5, 5.41) is 12.3. The summed E-state index contributed by atoms with van der Waals surface area (Å²) in [6, 6.07) is 7.16. The van der Waals surface area contributed by atoms with Crippen LogP contribution in [0.4, 0.5) is 0 Å². The lowest BCUT2D eigenvalue weighted by atomic mass is 10.0. The van der Waals surface area contributed by atoms with Crippen LogP contribution in [0.3, 0.4) is 0 Å². The van der Waals surface area contributed by atoms with E-state index in [0.717, 1.165) is 12.0 Å². The number of hydrogen-bond acceptors (Lipinski definition) is 2. The van der Waals surface area contributed by atoms with Crippen molar-refractivity contribution >= 4 is 5.97 Å². The van der Waals surface area contributed by atoms with E-state index < -0.39 is 12.0 Å². The zero-order chi connectivity index (χ0) is 12.8. The van der Waals surface area contributed by atoms with Crippen molar-refractivity contribution in [1.82, 2.24) is 5.32 Å². The molecule has 2 N–H and O–H groups in total. The first kappa shape index (κ1) is 13.7. The van der Waals surface area contributed by atoms with Gasteiger partial charge < -0.3 is 10.4 Å². The molecule has 1 rings (SSSR count). The van der Waals surface area contributed by atoms with Gasteiger partial charge in [0.15, 0.2) is 0 Å². The van der Waals surface area contributed by atoms with Crippen LogP contribution < -0.4 is 5.32 Å². The molecule has 1 unspecified atom stereocenters. The molecule has 0 heterocycles. The number of aliphatic carboxylic acids is 1. The van der Waals surface area contributed by atoms with Crippen LogP contribution in [0.25, 0.3) is 0 Å². The number of carboxylic acids is 1. The van der Waals surface area contributed by atoms with Crippen molar-refractivity contribution in [3.8, 4) is 0 Å². The van der Waals surface area contributed by atoms with Crippen molar-refractivity contribution in [2.24, 2.45) is 5.92 Å². The Morgan fingerprint density at radius 3 is 2.29 bits per heavy atom. The molecule has 1 aromatic rings. The van der Waals surface area contributed by atoms with E-state index >= 15 is 0 Å². The molecule has 0 fully saturated rings. The summed E-state index contributed by atoms with van der Waals surface area (Å²) >= 11 is 0. The maximum Gasteiger partial charge on any atom is 0.325 e. The summed E-state index contributed by atoms with van der Waals surface area (Å²) in [7, 11) is 0. The fourth-order valence-corrected chi connectivity index (χ4v) is 1.65. The normalized spacial score (nSPS) is 12.7. The van der Waals surface area contributed by atoms with Gasteiger partial charge in [-0.2, -0.15) is 0 Å². The van der Waals surface area contributed by atoms with Gasteiger partial charge in [0.1, 0.15) is 6.04 Å². The van der Waals surface area contributed by atoms with Gasteiger partial charge in [-0.1, -0.05) is 45.0 Å². The van der Waals surface area contributed by atoms with Gasteiger partial charge in [0.2, 0.25) is 0 Å². The van der Waals surface area contributed by atoms with Gasteiger partial charge in [-0.05, 0) is 30.0 Å². The molecule has 0 aliphatic heterocycles. The van der Waals surface area contributed by atoms with E-state index in [2.05, 4.69) is 26.1 Å². The van der Waals surface area contributed by atoms with Crippen LogP contribution in [-0.4, -0.2) is 17.6 Å². The van der Waals surface area contributed by atoms with E-state index in [0.29, 0.717) is 12.5 Å². The predicted octanol–water partition coefficient (Wildman–Crippen LogP) is 2.62. The second kappa shape index (κ2) is 6.40. The molecule has 0 radical (unpaired) electrons. The zero-order valence-electron chi connectivity index (χ0n) is 10.7.